The van der Waals surface area contributed by atoms with Gasteiger partial charge in [-0.2, -0.15) is 0 Å². The second kappa shape index (κ2) is 8.00. The summed E-state index contributed by atoms with van der Waals surface area (Å²) in [5.74, 6) is -0.587. The van der Waals surface area contributed by atoms with E-state index in [0.29, 0.717) is 18.7 Å². The van der Waals surface area contributed by atoms with Crippen LogP contribution in [-0.4, -0.2) is 23.5 Å². The molecule has 1 aromatic heterocycles. The summed E-state index contributed by atoms with van der Waals surface area (Å²) in [6.45, 7) is 2.51. The minimum atomic E-state index is -0.471. The van der Waals surface area contributed by atoms with Gasteiger partial charge in [0.15, 0.2) is 0 Å². The summed E-state index contributed by atoms with van der Waals surface area (Å²) >= 11 is 0. The largest absolute Gasteiger partial charge is 0.380 e. The molecule has 4 rings (SSSR count). The minimum absolute atomic E-state index is 0.117. The third kappa shape index (κ3) is 3.65. The number of carbonyl (C=O) groups is 2. The molecule has 0 fully saturated rings. The highest BCUT2D eigenvalue weighted by Gasteiger charge is 2.17. The first-order valence-corrected chi connectivity index (χ1v) is 9.58. The number of anilines is 1. The SMILES string of the molecule is COCc1c[c]c2c3c(C(N)=O)cccc3n(Cc3cccc(NC(C)=O)c3)c2c1. The lowest BCUT2D eigenvalue weighted by Gasteiger charge is -2.11. The van der Waals surface area contributed by atoms with Crippen molar-refractivity contribution in [3.8, 4) is 0 Å². The van der Waals surface area contributed by atoms with Crippen LogP contribution in [0.2, 0.25) is 0 Å². The second-order valence-corrected chi connectivity index (χ2v) is 7.23. The molecule has 0 bridgehead atoms. The van der Waals surface area contributed by atoms with Crippen LogP contribution in [0.1, 0.15) is 28.4 Å². The zero-order valence-corrected chi connectivity index (χ0v) is 16.9. The number of carbonyl (C=O) groups excluding carboxylic acids is 2. The topological polar surface area (TPSA) is 86.3 Å². The van der Waals surface area contributed by atoms with E-state index in [0.717, 1.165) is 38.6 Å². The maximum absolute atomic E-state index is 12.1. The highest BCUT2D eigenvalue weighted by atomic mass is 16.5. The fourth-order valence-corrected chi connectivity index (χ4v) is 3.86. The van der Waals surface area contributed by atoms with Gasteiger partial charge in [-0.05, 0) is 53.6 Å². The Balaban J connectivity index is 1.93. The zero-order valence-electron chi connectivity index (χ0n) is 16.9. The molecular formula is C24H22N3O3. The average Bonchev–Trinajstić information content (AvgIpc) is 3.01. The molecular weight excluding hydrogens is 378 g/mol. The van der Waals surface area contributed by atoms with Crippen molar-refractivity contribution in [2.45, 2.75) is 20.1 Å². The molecule has 0 atom stereocenters. The Morgan fingerprint density at radius 1 is 1.10 bits per heavy atom. The Morgan fingerprint density at radius 2 is 1.90 bits per heavy atom. The lowest BCUT2D eigenvalue weighted by atomic mass is 10.0. The van der Waals surface area contributed by atoms with Crippen molar-refractivity contribution >= 4 is 39.3 Å². The predicted octanol–water partition coefficient (Wildman–Crippen LogP) is 3.85. The van der Waals surface area contributed by atoms with Crippen molar-refractivity contribution in [3.05, 3.63) is 77.4 Å². The van der Waals surface area contributed by atoms with Crippen LogP contribution in [0.5, 0.6) is 0 Å². The molecule has 2 amide bonds. The van der Waals surface area contributed by atoms with E-state index in [4.69, 9.17) is 10.5 Å². The fourth-order valence-electron chi connectivity index (χ4n) is 3.86. The normalized spacial score (nSPS) is 11.1. The third-order valence-corrected chi connectivity index (χ3v) is 5.02. The van der Waals surface area contributed by atoms with Gasteiger partial charge in [0, 0.05) is 42.6 Å². The van der Waals surface area contributed by atoms with Crippen LogP contribution in [0.15, 0.2) is 54.6 Å². The van der Waals surface area contributed by atoms with E-state index in [-0.39, 0.29) is 5.91 Å². The second-order valence-electron chi connectivity index (χ2n) is 7.23. The average molecular weight is 400 g/mol. The summed E-state index contributed by atoms with van der Waals surface area (Å²) in [7, 11) is 1.65. The van der Waals surface area contributed by atoms with Gasteiger partial charge in [0.1, 0.15) is 0 Å². The number of methoxy groups -OCH3 is 1. The van der Waals surface area contributed by atoms with E-state index < -0.39 is 5.91 Å². The number of ether oxygens (including phenoxy) is 1. The van der Waals surface area contributed by atoms with Crippen LogP contribution in [-0.2, 0) is 22.7 Å². The van der Waals surface area contributed by atoms with Crippen molar-refractivity contribution in [2.24, 2.45) is 5.73 Å². The molecule has 0 unspecified atom stereocenters. The molecule has 0 saturated carbocycles. The first-order chi connectivity index (χ1) is 14.5. The minimum Gasteiger partial charge on any atom is -0.380 e. The number of hydrogen-bond donors (Lipinski definition) is 2. The highest BCUT2D eigenvalue weighted by molar-refractivity contribution is 6.17. The van der Waals surface area contributed by atoms with Gasteiger partial charge < -0.3 is 20.4 Å². The standard InChI is InChI=1S/C24H22N3O3/c1-15(28)26-18-6-3-5-16(11-18)13-27-21-8-4-7-20(24(25)29)23(21)19-10-9-17(14-30-2)12-22(19)27/h3-9,11-12H,13-14H2,1-2H3,(H2,25,29)(H,26,28). The molecule has 3 N–H and O–H groups in total. The number of nitrogens with two attached hydrogens (primary N) is 1. The number of hydrogen-bond acceptors (Lipinski definition) is 3. The first kappa shape index (κ1) is 19.7. The molecule has 6 nitrogen and oxygen atoms in total. The molecule has 6 heteroatoms. The molecule has 0 aliphatic rings. The summed E-state index contributed by atoms with van der Waals surface area (Å²) < 4.78 is 7.42. The lowest BCUT2D eigenvalue weighted by Crippen LogP contribution is -2.11. The van der Waals surface area contributed by atoms with Crippen molar-refractivity contribution < 1.29 is 14.3 Å². The molecule has 0 aliphatic heterocycles. The van der Waals surface area contributed by atoms with Gasteiger partial charge in [-0.25, -0.2) is 0 Å². The molecule has 0 saturated heterocycles. The van der Waals surface area contributed by atoms with Crippen molar-refractivity contribution in [2.75, 3.05) is 12.4 Å². The van der Waals surface area contributed by atoms with Gasteiger partial charge in [-0.3, -0.25) is 9.59 Å². The summed E-state index contributed by atoms with van der Waals surface area (Å²) in [6.07, 6.45) is 0. The number of nitrogens with one attached hydrogen (secondary N) is 1. The van der Waals surface area contributed by atoms with E-state index in [1.165, 1.54) is 6.92 Å². The molecule has 3 aromatic carbocycles. The monoisotopic (exact) mass is 400 g/mol. The predicted molar refractivity (Wildman–Crippen MR) is 117 cm³/mol. The quantitative estimate of drug-likeness (QED) is 0.515. The number of nitrogens with zero attached hydrogens (tertiary/aromatic N) is 1. The van der Waals surface area contributed by atoms with Crippen molar-refractivity contribution in [3.63, 3.8) is 0 Å². The van der Waals surface area contributed by atoms with E-state index in [1.54, 1.807) is 13.2 Å². The van der Waals surface area contributed by atoms with Crippen LogP contribution in [0.25, 0.3) is 21.8 Å². The Hall–Kier alpha value is -3.64. The Bertz CT molecular complexity index is 1270. The third-order valence-electron chi connectivity index (χ3n) is 5.02. The highest BCUT2D eigenvalue weighted by Crippen LogP contribution is 2.33. The maximum atomic E-state index is 12.1. The number of fused-ring (bicyclic) bond motifs is 3. The molecule has 4 aromatic rings. The van der Waals surface area contributed by atoms with Gasteiger partial charge in [-0.1, -0.05) is 18.2 Å². The molecule has 1 heterocycles. The van der Waals surface area contributed by atoms with E-state index >= 15 is 0 Å². The number of amides is 2. The molecule has 0 aliphatic carbocycles. The van der Waals surface area contributed by atoms with Gasteiger partial charge in [0.2, 0.25) is 11.8 Å². The number of aromatic nitrogens is 1. The van der Waals surface area contributed by atoms with Crippen molar-refractivity contribution in [1.82, 2.24) is 4.57 Å². The Kier molecular flexibility index (Phi) is 5.25. The van der Waals surface area contributed by atoms with Crippen molar-refractivity contribution in [1.29, 1.82) is 0 Å². The molecule has 30 heavy (non-hydrogen) atoms. The summed E-state index contributed by atoms with van der Waals surface area (Å²) in [4.78, 5) is 23.5. The number of primary amides is 1. The van der Waals surface area contributed by atoms with Crippen LogP contribution in [0, 0.1) is 6.07 Å². The van der Waals surface area contributed by atoms with Gasteiger partial charge in [0.05, 0.1) is 17.6 Å². The van der Waals surface area contributed by atoms with Crippen LogP contribution in [0.4, 0.5) is 5.69 Å². The first-order valence-electron chi connectivity index (χ1n) is 9.58. The molecule has 151 valence electrons. The number of benzene rings is 3. The Labute approximate surface area is 174 Å². The zero-order chi connectivity index (χ0) is 21.3. The molecule has 1 radical (unpaired) electrons. The van der Waals surface area contributed by atoms with E-state index in [2.05, 4.69) is 22.0 Å². The van der Waals surface area contributed by atoms with Crippen LogP contribution in [0.3, 0.4) is 0 Å². The van der Waals surface area contributed by atoms with Gasteiger partial charge >= 0.3 is 0 Å². The van der Waals surface area contributed by atoms with Crippen LogP contribution < -0.4 is 11.1 Å². The van der Waals surface area contributed by atoms with E-state index in [9.17, 15) is 9.59 Å². The summed E-state index contributed by atoms with van der Waals surface area (Å²) in [5.41, 5.74) is 10.7. The smallest absolute Gasteiger partial charge is 0.249 e. The van der Waals surface area contributed by atoms with E-state index in [1.807, 2.05) is 42.5 Å². The van der Waals surface area contributed by atoms with Gasteiger partial charge in [0.25, 0.3) is 0 Å². The number of rotatable bonds is 6. The fraction of sp³-hybridized carbons (Fsp3) is 0.167. The maximum Gasteiger partial charge on any atom is 0.249 e. The Morgan fingerprint density at radius 3 is 2.63 bits per heavy atom. The summed E-state index contributed by atoms with van der Waals surface area (Å²) in [6, 6.07) is 20.5. The molecule has 0 spiro atoms. The lowest BCUT2D eigenvalue weighted by molar-refractivity contribution is -0.114. The summed E-state index contributed by atoms with van der Waals surface area (Å²) in [5, 5.41) is 4.46. The van der Waals surface area contributed by atoms with Crippen LogP contribution >= 0.6 is 0 Å². The van der Waals surface area contributed by atoms with Gasteiger partial charge in [-0.15, -0.1) is 0 Å².